The van der Waals surface area contributed by atoms with Crippen LogP contribution in [-0.4, -0.2) is 35.8 Å². The molecule has 0 aliphatic carbocycles. The van der Waals surface area contributed by atoms with E-state index in [1.165, 1.54) is 5.75 Å². The molecule has 1 saturated heterocycles. The summed E-state index contributed by atoms with van der Waals surface area (Å²) >= 11 is 1.87. The minimum absolute atomic E-state index is 0.0990. The van der Waals surface area contributed by atoms with E-state index in [0.717, 1.165) is 19.4 Å². The van der Waals surface area contributed by atoms with Gasteiger partial charge >= 0.3 is 0 Å². The van der Waals surface area contributed by atoms with Crippen LogP contribution in [0, 0.1) is 0 Å². The second-order valence-electron chi connectivity index (χ2n) is 2.79. The minimum Gasteiger partial charge on any atom is -0.392 e. The Morgan fingerprint density at radius 1 is 1.60 bits per heavy atom. The molecule has 2 nitrogen and oxygen atoms in total. The number of hydrogen-bond acceptors (Lipinski definition) is 3. The van der Waals surface area contributed by atoms with E-state index in [9.17, 15) is 0 Å². The van der Waals surface area contributed by atoms with Crippen LogP contribution in [-0.2, 0) is 0 Å². The van der Waals surface area contributed by atoms with E-state index in [2.05, 4.69) is 11.6 Å². The number of rotatable bonds is 2. The van der Waals surface area contributed by atoms with Crippen molar-refractivity contribution in [1.29, 1.82) is 0 Å². The maximum absolute atomic E-state index is 9.13. The molecule has 0 saturated carbocycles. The summed E-state index contributed by atoms with van der Waals surface area (Å²) in [7, 11) is 0. The highest BCUT2D eigenvalue weighted by Gasteiger charge is 2.17. The zero-order valence-electron chi connectivity index (χ0n) is 6.34. The Hall–Kier alpha value is 0.270. The average molecular weight is 161 g/mol. The topological polar surface area (TPSA) is 32.3 Å². The van der Waals surface area contributed by atoms with Gasteiger partial charge in [-0.15, -0.1) is 0 Å². The van der Waals surface area contributed by atoms with Crippen molar-refractivity contribution in [3.63, 3.8) is 0 Å². The number of aliphatic hydroxyl groups is 1. The lowest BCUT2D eigenvalue weighted by molar-refractivity contribution is 0.130. The highest BCUT2D eigenvalue weighted by molar-refractivity contribution is 7.98. The van der Waals surface area contributed by atoms with Crippen molar-refractivity contribution in [2.24, 2.45) is 0 Å². The molecule has 2 N–H and O–H groups in total. The monoisotopic (exact) mass is 161 g/mol. The summed E-state index contributed by atoms with van der Waals surface area (Å²) in [5.74, 6) is 1.17. The molecule has 1 heterocycles. The van der Waals surface area contributed by atoms with E-state index in [1.807, 2.05) is 11.8 Å². The fourth-order valence-corrected chi connectivity index (χ4v) is 1.93. The first-order valence-electron chi connectivity index (χ1n) is 3.73. The van der Waals surface area contributed by atoms with E-state index in [0.29, 0.717) is 6.04 Å². The zero-order chi connectivity index (χ0) is 7.40. The molecule has 2 unspecified atom stereocenters. The number of β-amino-alcohol motifs (C(OH)–C–C–N with tert-alkyl or cyclic N) is 1. The van der Waals surface area contributed by atoms with Crippen molar-refractivity contribution in [3.8, 4) is 0 Å². The molecule has 0 spiro atoms. The Labute approximate surface area is 66.4 Å². The predicted molar refractivity (Wildman–Crippen MR) is 45.4 cm³/mol. The fourth-order valence-electron chi connectivity index (χ4n) is 1.24. The Morgan fingerprint density at radius 3 is 2.90 bits per heavy atom. The number of nitrogens with one attached hydrogen (secondary N) is 1. The fraction of sp³-hybridized carbons (Fsp3) is 1.00. The molecule has 0 amide bonds. The van der Waals surface area contributed by atoms with Gasteiger partial charge < -0.3 is 10.4 Å². The van der Waals surface area contributed by atoms with E-state index >= 15 is 0 Å². The summed E-state index contributed by atoms with van der Waals surface area (Å²) in [6.45, 7) is 0.783. The summed E-state index contributed by atoms with van der Waals surface area (Å²) in [6.07, 6.45) is 4.12. The molecule has 1 rings (SSSR count). The van der Waals surface area contributed by atoms with Crippen LogP contribution in [0.15, 0.2) is 0 Å². The first kappa shape index (κ1) is 8.37. The normalized spacial score (nSPS) is 34.2. The molecule has 1 fully saturated rings. The van der Waals surface area contributed by atoms with Gasteiger partial charge in [0, 0.05) is 18.3 Å². The summed E-state index contributed by atoms with van der Waals surface area (Å²) < 4.78 is 0. The largest absolute Gasteiger partial charge is 0.392 e. The standard InChI is InChI=1S/C7H15NOS/c1-10-5-6-2-3-7(9)4-8-6/h6-9H,2-5H2,1H3. The number of hydrogen-bond donors (Lipinski definition) is 2. The average Bonchev–Trinajstić information content (AvgIpc) is 1.95. The molecule has 1 aliphatic rings. The molecule has 0 aromatic rings. The van der Waals surface area contributed by atoms with Crippen LogP contribution < -0.4 is 5.32 Å². The van der Waals surface area contributed by atoms with E-state index in [-0.39, 0.29) is 6.10 Å². The lowest BCUT2D eigenvalue weighted by Crippen LogP contribution is -2.42. The molecule has 60 valence electrons. The van der Waals surface area contributed by atoms with Crippen molar-refractivity contribution in [1.82, 2.24) is 5.32 Å². The van der Waals surface area contributed by atoms with Crippen molar-refractivity contribution in [3.05, 3.63) is 0 Å². The Morgan fingerprint density at radius 2 is 2.40 bits per heavy atom. The number of thioether (sulfide) groups is 1. The molecular weight excluding hydrogens is 146 g/mol. The zero-order valence-corrected chi connectivity index (χ0v) is 7.16. The van der Waals surface area contributed by atoms with Gasteiger partial charge in [-0.25, -0.2) is 0 Å². The summed E-state index contributed by atoms with van der Waals surface area (Å²) in [5.41, 5.74) is 0. The van der Waals surface area contributed by atoms with Gasteiger partial charge in [0.1, 0.15) is 0 Å². The summed E-state index contributed by atoms with van der Waals surface area (Å²) in [5, 5.41) is 12.4. The van der Waals surface area contributed by atoms with Gasteiger partial charge in [0.15, 0.2) is 0 Å². The second kappa shape index (κ2) is 4.21. The quantitative estimate of drug-likeness (QED) is 0.617. The third kappa shape index (κ3) is 2.48. The first-order valence-corrected chi connectivity index (χ1v) is 5.12. The van der Waals surface area contributed by atoms with Crippen LogP contribution in [0.25, 0.3) is 0 Å². The van der Waals surface area contributed by atoms with Crippen molar-refractivity contribution >= 4 is 11.8 Å². The van der Waals surface area contributed by atoms with Crippen molar-refractivity contribution in [2.75, 3.05) is 18.6 Å². The van der Waals surface area contributed by atoms with Crippen molar-refractivity contribution < 1.29 is 5.11 Å². The second-order valence-corrected chi connectivity index (χ2v) is 3.70. The number of aliphatic hydroxyl groups excluding tert-OH is 1. The molecule has 0 bridgehead atoms. The van der Waals surface area contributed by atoms with E-state index in [1.54, 1.807) is 0 Å². The number of piperidine rings is 1. The van der Waals surface area contributed by atoms with Crippen LogP contribution in [0.4, 0.5) is 0 Å². The van der Waals surface area contributed by atoms with Crippen LogP contribution in [0.3, 0.4) is 0 Å². The molecule has 1 aliphatic heterocycles. The molecule has 10 heavy (non-hydrogen) atoms. The Kier molecular flexibility index (Phi) is 3.52. The van der Waals surface area contributed by atoms with Crippen LogP contribution in [0.2, 0.25) is 0 Å². The summed E-state index contributed by atoms with van der Waals surface area (Å²) in [6, 6.07) is 0.637. The summed E-state index contributed by atoms with van der Waals surface area (Å²) in [4.78, 5) is 0. The Bertz CT molecular complexity index is 91.6. The Balaban J connectivity index is 2.13. The van der Waals surface area contributed by atoms with Crippen LogP contribution >= 0.6 is 11.8 Å². The third-order valence-electron chi connectivity index (χ3n) is 1.86. The van der Waals surface area contributed by atoms with E-state index < -0.39 is 0 Å². The predicted octanol–water partition coefficient (Wildman–Crippen LogP) is 0.462. The van der Waals surface area contributed by atoms with E-state index in [4.69, 9.17) is 5.11 Å². The van der Waals surface area contributed by atoms with Gasteiger partial charge in [0.05, 0.1) is 6.10 Å². The van der Waals surface area contributed by atoms with Gasteiger partial charge in [-0.3, -0.25) is 0 Å². The van der Waals surface area contributed by atoms with Crippen LogP contribution in [0.5, 0.6) is 0 Å². The molecule has 2 atom stereocenters. The smallest absolute Gasteiger partial charge is 0.0665 e. The lowest BCUT2D eigenvalue weighted by Gasteiger charge is -2.26. The van der Waals surface area contributed by atoms with Gasteiger partial charge in [-0.2, -0.15) is 11.8 Å². The van der Waals surface area contributed by atoms with Gasteiger partial charge in [-0.05, 0) is 19.1 Å². The maximum atomic E-state index is 9.13. The molecular formula is C7H15NOS. The highest BCUT2D eigenvalue weighted by Crippen LogP contribution is 2.10. The molecule has 0 aromatic carbocycles. The van der Waals surface area contributed by atoms with Gasteiger partial charge in [-0.1, -0.05) is 0 Å². The van der Waals surface area contributed by atoms with Crippen molar-refractivity contribution in [2.45, 2.75) is 25.0 Å². The third-order valence-corrected chi connectivity index (χ3v) is 2.59. The molecule has 0 radical (unpaired) electrons. The van der Waals surface area contributed by atoms with Gasteiger partial charge in [0.2, 0.25) is 0 Å². The SMILES string of the molecule is CSCC1CCC(O)CN1. The minimum atomic E-state index is -0.0990. The first-order chi connectivity index (χ1) is 4.83. The maximum Gasteiger partial charge on any atom is 0.0665 e. The molecule has 3 heteroatoms. The van der Waals surface area contributed by atoms with Crippen LogP contribution in [0.1, 0.15) is 12.8 Å². The molecule has 0 aromatic heterocycles. The lowest BCUT2D eigenvalue weighted by atomic mass is 10.0. The van der Waals surface area contributed by atoms with Gasteiger partial charge in [0.25, 0.3) is 0 Å². The highest BCUT2D eigenvalue weighted by atomic mass is 32.2.